The highest BCUT2D eigenvalue weighted by molar-refractivity contribution is 7.32. The Morgan fingerprint density at radius 2 is 2.00 bits per heavy atom. The first kappa shape index (κ1) is 8.04. The van der Waals surface area contributed by atoms with E-state index in [1.807, 2.05) is 0 Å². The first-order chi connectivity index (χ1) is 5.20. The van der Waals surface area contributed by atoms with Crippen molar-refractivity contribution in [1.29, 1.82) is 0 Å². The van der Waals surface area contributed by atoms with Crippen LogP contribution in [0.1, 0.15) is 0 Å². The van der Waals surface area contributed by atoms with Crippen LogP contribution in [0.3, 0.4) is 0 Å². The van der Waals surface area contributed by atoms with Gasteiger partial charge in [0.1, 0.15) is 0 Å². The largest absolute Gasteiger partial charge is 0.424 e. The SMILES string of the molecule is O=C(O[PH](=O)O)n1cccc1. The first-order valence-corrected chi connectivity index (χ1v) is 4.04. The van der Waals surface area contributed by atoms with Crippen molar-refractivity contribution in [2.45, 2.75) is 0 Å². The third-order valence-corrected chi connectivity index (χ3v) is 1.34. The van der Waals surface area contributed by atoms with E-state index in [0.717, 1.165) is 4.57 Å². The maximum Gasteiger partial charge on any atom is 0.424 e. The molecule has 1 rings (SSSR count). The lowest BCUT2D eigenvalue weighted by Crippen LogP contribution is -2.06. The Balaban J connectivity index is 2.64. The lowest BCUT2D eigenvalue weighted by atomic mass is 10.7. The quantitative estimate of drug-likeness (QED) is 0.642. The molecule has 1 atom stereocenters. The zero-order chi connectivity index (χ0) is 8.27. The highest BCUT2D eigenvalue weighted by Crippen LogP contribution is 2.15. The highest BCUT2D eigenvalue weighted by atomic mass is 31.1. The van der Waals surface area contributed by atoms with Crippen LogP contribution in [0.2, 0.25) is 0 Å². The molecule has 1 aromatic heterocycles. The maximum absolute atomic E-state index is 10.7. The van der Waals surface area contributed by atoms with Crippen LogP contribution in [0, 0.1) is 0 Å². The van der Waals surface area contributed by atoms with Gasteiger partial charge in [-0.3, -0.25) is 4.57 Å². The number of carbonyl (C=O) groups excluding carboxylic acids is 1. The second kappa shape index (κ2) is 3.37. The third kappa shape index (κ3) is 2.22. The molecule has 0 saturated heterocycles. The van der Waals surface area contributed by atoms with Gasteiger partial charge < -0.3 is 9.42 Å². The smallest absolute Gasteiger partial charge is 0.376 e. The molecule has 1 N–H and O–H groups in total. The highest BCUT2D eigenvalue weighted by Gasteiger charge is 2.05. The van der Waals surface area contributed by atoms with Gasteiger partial charge in [0.2, 0.25) is 0 Å². The molecular weight excluding hydrogens is 169 g/mol. The van der Waals surface area contributed by atoms with Gasteiger partial charge in [0.15, 0.2) is 0 Å². The van der Waals surface area contributed by atoms with E-state index >= 15 is 0 Å². The predicted molar refractivity (Wildman–Crippen MR) is 37.5 cm³/mol. The summed E-state index contributed by atoms with van der Waals surface area (Å²) in [6.07, 6.45) is 2.00. The lowest BCUT2D eigenvalue weighted by Gasteiger charge is -1.98. The number of hydrogen-bond acceptors (Lipinski definition) is 3. The van der Waals surface area contributed by atoms with Crippen molar-refractivity contribution in [2.75, 3.05) is 0 Å². The van der Waals surface area contributed by atoms with Gasteiger partial charge in [0.05, 0.1) is 0 Å². The van der Waals surface area contributed by atoms with Crippen molar-refractivity contribution in [1.82, 2.24) is 4.57 Å². The molecule has 1 unspecified atom stereocenters. The molecule has 0 amide bonds. The van der Waals surface area contributed by atoms with Crippen molar-refractivity contribution in [3.63, 3.8) is 0 Å². The maximum atomic E-state index is 10.7. The molecule has 0 bridgehead atoms. The van der Waals surface area contributed by atoms with Crippen molar-refractivity contribution in [2.24, 2.45) is 0 Å². The predicted octanol–water partition coefficient (Wildman–Crippen LogP) is 0.855. The summed E-state index contributed by atoms with van der Waals surface area (Å²) < 4.78 is 15.1. The Labute approximate surface area is 63.2 Å². The molecule has 1 aromatic rings. The molecule has 5 nitrogen and oxygen atoms in total. The monoisotopic (exact) mass is 175 g/mol. The number of nitrogens with zero attached hydrogens (tertiary/aromatic N) is 1. The van der Waals surface area contributed by atoms with Crippen LogP contribution in [0.25, 0.3) is 0 Å². The Kier molecular flexibility index (Phi) is 2.46. The fourth-order valence-corrected chi connectivity index (χ4v) is 0.838. The van der Waals surface area contributed by atoms with Crippen LogP contribution in [0.5, 0.6) is 0 Å². The standard InChI is InChI=1S/C5H6NO4P/c7-5(10-11(8)9)6-3-1-2-4-6/h1-4,11H,(H,8,9). The summed E-state index contributed by atoms with van der Waals surface area (Å²) in [7, 11) is -3.18. The summed E-state index contributed by atoms with van der Waals surface area (Å²) in [4.78, 5) is 18.9. The van der Waals surface area contributed by atoms with Crippen molar-refractivity contribution >= 4 is 14.3 Å². The van der Waals surface area contributed by atoms with Gasteiger partial charge >= 0.3 is 14.3 Å². The van der Waals surface area contributed by atoms with Crippen molar-refractivity contribution < 1.29 is 18.8 Å². The van der Waals surface area contributed by atoms with Crippen LogP contribution < -0.4 is 0 Å². The number of carbonyl (C=O) groups is 1. The lowest BCUT2D eigenvalue weighted by molar-refractivity contribution is 0.199. The zero-order valence-corrected chi connectivity index (χ0v) is 6.43. The summed E-state index contributed by atoms with van der Waals surface area (Å²) in [5.74, 6) is 0. The topological polar surface area (TPSA) is 68.5 Å². The zero-order valence-electron chi connectivity index (χ0n) is 5.43. The second-order valence-corrected chi connectivity index (χ2v) is 2.46. The summed E-state index contributed by atoms with van der Waals surface area (Å²) in [6, 6.07) is 3.21. The van der Waals surface area contributed by atoms with Gasteiger partial charge in [0, 0.05) is 12.4 Å². The third-order valence-electron chi connectivity index (χ3n) is 0.990. The summed E-state index contributed by atoms with van der Waals surface area (Å²) >= 11 is 0. The van der Waals surface area contributed by atoms with Crippen LogP contribution in [0.4, 0.5) is 4.79 Å². The first-order valence-electron chi connectivity index (χ1n) is 2.78. The molecule has 0 fully saturated rings. The average molecular weight is 175 g/mol. The summed E-state index contributed by atoms with van der Waals surface area (Å²) in [5, 5.41) is 0. The van der Waals surface area contributed by atoms with E-state index in [0.29, 0.717) is 0 Å². The Bertz CT molecular complexity index is 268. The van der Waals surface area contributed by atoms with E-state index in [1.54, 1.807) is 12.1 Å². The Hall–Kier alpha value is -1.06. The van der Waals surface area contributed by atoms with Crippen LogP contribution >= 0.6 is 8.25 Å². The average Bonchev–Trinajstić information content (AvgIpc) is 2.35. The molecule has 0 aliphatic carbocycles. The molecule has 11 heavy (non-hydrogen) atoms. The van der Waals surface area contributed by atoms with Gasteiger partial charge in [0.25, 0.3) is 0 Å². The molecule has 60 valence electrons. The van der Waals surface area contributed by atoms with Crippen LogP contribution in [-0.2, 0) is 9.09 Å². The minimum absolute atomic E-state index is 0.846. The van der Waals surface area contributed by atoms with Gasteiger partial charge in [-0.2, -0.15) is 0 Å². The fraction of sp³-hybridized carbons (Fsp3) is 0. The van der Waals surface area contributed by atoms with Gasteiger partial charge in [-0.15, -0.1) is 0 Å². The summed E-state index contributed by atoms with van der Waals surface area (Å²) in [6.45, 7) is 0. The second-order valence-electron chi connectivity index (χ2n) is 1.72. The number of rotatable bonds is 1. The number of hydrogen-bond donors (Lipinski definition) is 1. The van der Waals surface area contributed by atoms with Gasteiger partial charge in [-0.1, -0.05) is 0 Å². The van der Waals surface area contributed by atoms with E-state index in [-0.39, 0.29) is 0 Å². The van der Waals surface area contributed by atoms with E-state index in [4.69, 9.17) is 4.89 Å². The Morgan fingerprint density at radius 1 is 1.45 bits per heavy atom. The number of aromatic nitrogens is 1. The van der Waals surface area contributed by atoms with E-state index in [1.165, 1.54) is 12.4 Å². The molecule has 0 saturated carbocycles. The molecule has 6 heteroatoms. The van der Waals surface area contributed by atoms with Crippen LogP contribution in [-0.4, -0.2) is 15.6 Å². The fourth-order valence-electron chi connectivity index (χ4n) is 0.584. The van der Waals surface area contributed by atoms with Gasteiger partial charge in [-0.25, -0.2) is 9.36 Å². The van der Waals surface area contributed by atoms with Crippen molar-refractivity contribution in [3.8, 4) is 0 Å². The normalized spacial score (nSPS) is 12.5. The van der Waals surface area contributed by atoms with E-state index in [2.05, 4.69) is 4.52 Å². The molecule has 0 radical (unpaired) electrons. The molecule has 0 spiro atoms. The van der Waals surface area contributed by atoms with Crippen LogP contribution in [0.15, 0.2) is 24.5 Å². The molecule has 0 aliphatic rings. The Morgan fingerprint density at radius 3 is 2.45 bits per heavy atom. The summed E-state index contributed by atoms with van der Waals surface area (Å²) in [5.41, 5.74) is 0. The van der Waals surface area contributed by atoms with Crippen molar-refractivity contribution in [3.05, 3.63) is 24.5 Å². The van der Waals surface area contributed by atoms with Gasteiger partial charge in [-0.05, 0) is 12.1 Å². The van der Waals surface area contributed by atoms with E-state index < -0.39 is 14.3 Å². The minimum Gasteiger partial charge on any atom is -0.376 e. The molecule has 0 aliphatic heterocycles. The molecular formula is C5H6NO4P. The molecule has 0 aromatic carbocycles. The van der Waals surface area contributed by atoms with E-state index in [9.17, 15) is 9.36 Å². The minimum atomic E-state index is -3.18. The molecule has 1 heterocycles.